The maximum absolute atomic E-state index is 7.33. The van der Waals surface area contributed by atoms with Gasteiger partial charge in [-0.3, -0.25) is 5.41 Å². The molecule has 0 aliphatic carbocycles. The van der Waals surface area contributed by atoms with E-state index in [0.717, 1.165) is 17.6 Å². The smallest absolute Gasteiger partial charge is 0.0947 e. The van der Waals surface area contributed by atoms with Crippen LogP contribution in [0.4, 0.5) is 0 Å². The average molecular weight is 290 g/mol. The summed E-state index contributed by atoms with van der Waals surface area (Å²) in [5.41, 5.74) is 5.44. The Bertz CT molecular complexity index is 337. The zero-order valence-electron chi connectivity index (χ0n) is 8.96. The Balaban J connectivity index is 2.46. The van der Waals surface area contributed by atoms with E-state index in [4.69, 9.17) is 11.1 Å². The van der Waals surface area contributed by atoms with E-state index in [0.29, 0.717) is 0 Å². The van der Waals surface area contributed by atoms with Crippen molar-refractivity contribution < 1.29 is 0 Å². The van der Waals surface area contributed by atoms with E-state index in [2.05, 4.69) is 32.3 Å². The summed E-state index contributed by atoms with van der Waals surface area (Å²) in [7, 11) is 2.05. The average Bonchev–Trinajstić information content (AvgIpc) is 2.51. The largest absolute Gasteiger partial charge is 0.387 e. The molecule has 0 bridgehead atoms. The lowest BCUT2D eigenvalue weighted by Gasteiger charge is -2.19. The van der Waals surface area contributed by atoms with Gasteiger partial charge in [0, 0.05) is 28.4 Å². The summed E-state index contributed by atoms with van der Waals surface area (Å²) in [5, 5.41) is 9.40. The molecule has 0 aliphatic heterocycles. The Kier molecular flexibility index (Phi) is 4.76. The van der Waals surface area contributed by atoms with E-state index >= 15 is 0 Å². The first-order valence-corrected chi connectivity index (χ1v) is 6.42. The summed E-state index contributed by atoms with van der Waals surface area (Å²) < 4.78 is 1.16. The van der Waals surface area contributed by atoms with Crippen LogP contribution in [0.2, 0.25) is 0 Å². The molecule has 0 radical (unpaired) electrons. The highest BCUT2D eigenvalue weighted by Crippen LogP contribution is 2.23. The van der Waals surface area contributed by atoms with Crippen LogP contribution >= 0.6 is 27.3 Å². The van der Waals surface area contributed by atoms with Crippen LogP contribution in [0.15, 0.2) is 15.9 Å². The van der Waals surface area contributed by atoms with Gasteiger partial charge in [-0.2, -0.15) is 0 Å². The van der Waals surface area contributed by atoms with Gasteiger partial charge in [-0.15, -0.1) is 11.3 Å². The van der Waals surface area contributed by atoms with Gasteiger partial charge in [0.2, 0.25) is 0 Å². The van der Waals surface area contributed by atoms with Gasteiger partial charge in [0.25, 0.3) is 0 Å². The lowest BCUT2D eigenvalue weighted by Crippen LogP contribution is -2.31. The third-order valence-corrected chi connectivity index (χ3v) is 4.13. The van der Waals surface area contributed by atoms with Crippen molar-refractivity contribution in [3.8, 4) is 0 Å². The molecule has 0 fully saturated rings. The summed E-state index contributed by atoms with van der Waals surface area (Å²) in [4.78, 5) is 3.50. The van der Waals surface area contributed by atoms with Gasteiger partial charge in [0.15, 0.2) is 0 Å². The van der Waals surface area contributed by atoms with E-state index in [9.17, 15) is 0 Å². The number of halogens is 1. The second-order valence-corrected chi connectivity index (χ2v) is 5.60. The van der Waals surface area contributed by atoms with Crippen molar-refractivity contribution in [1.29, 1.82) is 5.41 Å². The quantitative estimate of drug-likeness (QED) is 0.646. The number of nitrogens with one attached hydrogen (secondary N) is 1. The number of hydrogen-bond acceptors (Lipinski definition) is 3. The number of nitrogens with zero attached hydrogens (tertiary/aromatic N) is 1. The molecular formula is C10H16BrN3S. The van der Waals surface area contributed by atoms with Crippen molar-refractivity contribution >= 4 is 33.1 Å². The first kappa shape index (κ1) is 12.7. The molecule has 84 valence electrons. The molecule has 0 spiro atoms. The van der Waals surface area contributed by atoms with Gasteiger partial charge in [-0.1, -0.05) is 6.92 Å². The van der Waals surface area contributed by atoms with E-state index in [1.807, 2.05) is 14.0 Å². The first-order valence-electron chi connectivity index (χ1n) is 4.75. The van der Waals surface area contributed by atoms with Gasteiger partial charge in [-0.25, -0.2) is 0 Å². The van der Waals surface area contributed by atoms with E-state index in [1.165, 1.54) is 4.88 Å². The molecule has 1 aromatic rings. The third-order valence-electron chi connectivity index (χ3n) is 2.22. The lowest BCUT2D eigenvalue weighted by atomic mass is 10.1. The fraction of sp³-hybridized carbons (Fsp3) is 0.500. The predicted molar refractivity (Wildman–Crippen MR) is 69.4 cm³/mol. The third kappa shape index (κ3) is 3.93. The topological polar surface area (TPSA) is 53.1 Å². The van der Waals surface area contributed by atoms with Crippen LogP contribution in [-0.2, 0) is 6.54 Å². The minimum atomic E-state index is 0.119. The molecule has 0 aromatic carbocycles. The highest BCUT2D eigenvalue weighted by Gasteiger charge is 2.11. The Morgan fingerprint density at radius 3 is 2.87 bits per heavy atom. The normalized spacial score (nSPS) is 13.1. The summed E-state index contributed by atoms with van der Waals surface area (Å²) in [6.45, 7) is 3.69. The molecular weight excluding hydrogens is 274 g/mol. The van der Waals surface area contributed by atoms with Gasteiger partial charge >= 0.3 is 0 Å². The van der Waals surface area contributed by atoms with E-state index in [1.54, 1.807) is 11.3 Å². The fourth-order valence-corrected chi connectivity index (χ4v) is 2.87. The molecule has 1 unspecified atom stereocenters. The maximum atomic E-state index is 7.33. The Hall–Kier alpha value is -0.390. The second-order valence-electron chi connectivity index (χ2n) is 3.74. The van der Waals surface area contributed by atoms with Crippen LogP contribution in [0.3, 0.4) is 0 Å². The van der Waals surface area contributed by atoms with Crippen LogP contribution in [0.25, 0.3) is 0 Å². The van der Waals surface area contributed by atoms with Crippen molar-refractivity contribution in [2.24, 2.45) is 11.7 Å². The van der Waals surface area contributed by atoms with Crippen LogP contribution < -0.4 is 5.73 Å². The molecule has 5 heteroatoms. The first-order chi connectivity index (χ1) is 7.00. The molecule has 0 aliphatic rings. The number of amidine groups is 1. The monoisotopic (exact) mass is 289 g/mol. The standard InChI is InChI=1S/C10H16BrN3S/c1-7(10(12)13)5-14(2)6-9-8(11)3-4-15-9/h3-4,7H,5-6H2,1-2H3,(H3,12,13). The molecule has 3 nitrogen and oxygen atoms in total. The number of hydrogen-bond donors (Lipinski definition) is 2. The number of rotatable bonds is 5. The fourth-order valence-electron chi connectivity index (χ4n) is 1.31. The Morgan fingerprint density at radius 2 is 2.40 bits per heavy atom. The van der Waals surface area contributed by atoms with Crippen molar-refractivity contribution in [3.05, 3.63) is 20.8 Å². The number of thiophene rings is 1. The molecule has 1 aromatic heterocycles. The SMILES string of the molecule is CC(CN(C)Cc1sccc1Br)C(=N)N. The lowest BCUT2D eigenvalue weighted by molar-refractivity contribution is 0.308. The molecule has 1 heterocycles. The Morgan fingerprint density at radius 1 is 1.73 bits per heavy atom. The molecule has 15 heavy (non-hydrogen) atoms. The minimum Gasteiger partial charge on any atom is -0.387 e. The van der Waals surface area contributed by atoms with Crippen LogP contribution in [0.5, 0.6) is 0 Å². The number of nitrogens with two attached hydrogens (primary N) is 1. The zero-order chi connectivity index (χ0) is 11.4. The molecule has 0 saturated carbocycles. The highest BCUT2D eigenvalue weighted by molar-refractivity contribution is 9.10. The summed E-state index contributed by atoms with van der Waals surface area (Å²) in [6.07, 6.45) is 0. The van der Waals surface area contributed by atoms with Crippen molar-refractivity contribution in [2.75, 3.05) is 13.6 Å². The van der Waals surface area contributed by atoms with Crippen molar-refractivity contribution in [1.82, 2.24) is 4.90 Å². The predicted octanol–water partition coefficient (Wildman–Crippen LogP) is 2.51. The molecule has 1 atom stereocenters. The van der Waals surface area contributed by atoms with Gasteiger partial charge in [-0.05, 0) is 34.4 Å². The summed E-state index contributed by atoms with van der Waals surface area (Å²) >= 11 is 5.25. The summed E-state index contributed by atoms with van der Waals surface area (Å²) in [6, 6.07) is 2.06. The van der Waals surface area contributed by atoms with Crippen molar-refractivity contribution in [3.63, 3.8) is 0 Å². The Labute approximate surface area is 103 Å². The molecule has 1 rings (SSSR count). The molecule has 0 amide bonds. The summed E-state index contributed by atoms with van der Waals surface area (Å²) in [5.74, 6) is 0.376. The van der Waals surface area contributed by atoms with E-state index in [-0.39, 0.29) is 11.8 Å². The van der Waals surface area contributed by atoms with Gasteiger partial charge < -0.3 is 10.6 Å². The van der Waals surface area contributed by atoms with Gasteiger partial charge in [0.1, 0.15) is 0 Å². The van der Waals surface area contributed by atoms with E-state index < -0.39 is 0 Å². The van der Waals surface area contributed by atoms with Crippen LogP contribution in [-0.4, -0.2) is 24.3 Å². The molecule has 0 saturated heterocycles. The minimum absolute atomic E-state index is 0.119. The van der Waals surface area contributed by atoms with Crippen molar-refractivity contribution in [2.45, 2.75) is 13.5 Å². The second kappa shape index (κ2) is 5.63. The molecule has 3 N–H and O–H groups in total. The highest BCUT2D eigenvalue weighted by atomic mass is 79.9. The van der Waals surface area contributed by atoms with Crippen LogP contribution in [0, 0.1) is 11.3 Å². The van der Waals surface area contributed by atoms with Gasteiger partial charge in [0.05, 0.1) is 5.84 Å². The van der Waals surface area contributed by atoms with Crippen LogP contribution in [0.1, 0.15) is 11.8 Å². The zero-order valence-corrected chi connectivity index (χ0v) is 11.4. The maximum Gasteiger partial charge on any atom is 0.0947 e.